The Morgan fingerprint density at radius 3 is 2.89 bits per heavy atom. The number of amides is 1. The van der Waals surface area contributed by atoms with Crippen LogP contribution in [0.1, 0.15) is 18.4 Å². The molecule has 0 aromatic heterocycles. The van der Waals surface area contributed by atoms with Crippen molar-refractivity contribution in [2.75, 3.05) is 7.11 Å². The van der Waals surface area contributed by atoms with Gasteiger partial charge in [0.1, 0.15) is 0 Å². The molecule has 0 unspecified atom stereocenters. The van der Waals surface area contributed by atoms with Crippen molar-refractivity contribution in [1.29, 1.82) is 0 Å². The lowest BCUT2D eigenvalue weighted by molar-refractivity contribution is -0.134. The summed E-state index contributed by atoms with van der Waals surface area (Å²) < 4.78 is 6.31. The van der Waals surface area contributed by atoms with Crippen molar-refractivity contribution in [3.63, 3.8) is 0 Å². The Labute approximate surface area is 122 Å². The fourth-order valence-electron chi connectivity index (χ4n) is 2.32. The van der Waals surface area contributed by atoms with E-state index in [0.29, 0.717) is 6.54 Å². The average Bonchev–Trinajstić information content (AvgIpc) is 2.35. The normalized spacial score (nSPS) is 21.6. The zero-order chi connectivity index (χ0) is 13.8. The molecule has 0 bridgehead atoms. The second kappa shape index (κ2) is 6.35. The molecule has 0 saturated heterocycles. The van der Waals surface area contributed by atoms with Crippen LogP contribution >= 0.6 is 15.9 Å². The van der Waals surface area contributed by atoms with Gasteiger partial charge < -0.3 is 9.64 Å². The number of ether oxygens (including phenoxy) is 1. The second-order valence-electron chi connectivity index (χ2n) is 4.78. The van der Waals surface area contributed by atoms with Gasteiger partial charge in [-0.2, -0.15) is 0 Å². The maximum atomic E-state index is 12.0. The van der Waals surface area contributed by atoms with Crippen molar-refractivity contribution in [2.45, 2.75) is 31.5 Å². The van der Waals surface area contributed by atoms with Gasteiger partial charge in [-0.3, -0.25) is 4.79 Å². The highest BCUT2D eigenvalue weighted by Gasteiger charge is 2.35. The molecule has 0 spiro atoms. The lowest BCUT2D eigenvalue weighted by atomic mass is 9.87. The molecule has 1 saturated carbocycles. The maximum Gasteiger partial charge on any atom is 0.246 e. The van der Waals surface area contributed by atoms with Crippen LogP contribution in [0.2, 0.25) is 0 Å². The third kappa shape index (κ3) is 3.45. The van der Waals surface area contributed by atoms with E-state index in [1.165, 1.54) is 6.08 Å². The van der Waals surface area contributed by atoms with Crippen molar-refractivity contribution in [3.05, 3.63) is 47.0 Å². The highest BCUT2D eigenvalue weighted by atomic mass is 79.9. The van der Waals surface area contributed by atoms with Crippen LogP contribution in [-0.4, -0.2) is 30.1 Å². The Kier molecular flexibility index (Phi) is 4.77. The summed E-state index contributed by atoms with van der Waals surface area (Å²) in [5.74, 6) is -0.0143. The number of carbonyl (C=O) groups excluding carboxylic acids is 1. The Balaban J connectivity index is 2.06. The van der Waals surface area contributed by atoms with Crippen LogP contribution in [0.4, 0.5) is 0 Å². The maximum absolute atomic E-state index is 12.0. The van der Waals surface area contributed by atoms with E-state index in [2.05, 4.69) is 22.5 Å². The minimum Gasteiger partial charge on any atom is -0.381 e. The number of halogens is 1. The van der Waals surface area contributed by atoms with Gasteiger partial charge in [-0.25, -0.2) is 0 Å². The van der Waals surface area contributed by atoms with Crippen LogP contribution in [0.25, 0.3) is 0 Å². The Hall–Kier alpha value is -1.13. The van der Waals surface area contributed by atoms with E-state index < -0.39 is 0 Å². The van der Waals surface area contributed by atoms with Gasteiger partial charge in [0.15, 0.2) is 0 Å². The predicted molar refractivity (Wildman–Crippen MR) is 78.7 cm³/mol. The van der Waals surface area contributed by atoms with Crippen molar-refractivity contribution >= 4 is 21.8 Å². The van der Waals surface area contributed by atoms with Crippen molar-refractivity contribution < 1.29 is 9.53 Å². The highest BCUT2D eigenvalue weighted by Crippen LogP contribution is 2.29. The van der Waals surface area contributed by atoms with Crippen LogP contribution < -0.4 is 0 Å². The third-order valence-electron chi connectivity index (χ3n) is 3.54. The van der Waals surface area contributed by atoms with Gasteiger partial charge >= 0.3 is 0 Å². The minimum absolute atomic E-state index is 0.0143. The predicted octanol–water partition coefficient (Wildman–Crippen LogP) is 3.14. The molecule has 1 aliphatic rings. The number of hydrogen-bond donors (Lipinski definition) is 0. The molecule has 0 atom stereocenters. The molecule has 1 fully saturated rings. The SMILES string of the molecule is C=CC(=O)N(Cc1cccc(Br)c1)C1CC(OC)C1. The first-order chi connectivity index (χ1) is 9.13. The van der Waals surface area contributed by atoms with E-state index >= 15 is 0 Å². The van der Waals surface area contributed by atoms with Crippen LogP contribution in [-0.2, 0) is 16.1 Å². The number of hydrogen-bond acceptors (Lipinski definition) is 2. The number of carbonyl (C=O) groups is 1. The third-order valence-corrected chi connectivity index (χ3v) is 4.04. The molecule has 0 heterocycles. The van der Waals surface area contributed by atoms with Crippen LogP contribution in [0.15, 0.2) is 41.4 Å². The van der Waals surface area contributed by atoms with Gasteiger partial charge in [0.2, 0.25) is 5.91 Å². The molecule has 0 aliphatic heterocycles. The lowest BCUT2D eigenvalue weighted by Crippen LogP contribution is -2.49. The van der Waals surface area contributed by atoms with Gasteiger partial charge in [0.05, 0.1) is 6.10 Å². The number of methoxy groups -OCH3 is 1. The van der Waals surface area contributed by atoms with E-state index in [1.807, 2.05) is 29.2 Å². The zero-order valence-electron chi connectivity index (χ0n) is 11.0. The molecule has 2 rings (SSSR count). The first-order valence-corrected chi connectivity index (χ1v) is 7.13. The first kappa shape index (κ1) is 14.3. The Morgan fingerprint density at radius 2 is 2.32 bits per heavy atom. The molecule has 1 aromatic carbocycles. The van der Waals surface area contributed by atoms with E-state index in [4.69, 9.17) is 4.74 Å². The molecule has 0 radical (unpaired) electrons. The molecule has 3 nitrogen and oxygen atoms in total. The Bertz CT molecular complexity index is 469. The van der Waals surface area contributed by atoms with Crippen molar-refractivity contribution in [1.82, 2.24) is 4.90 Å². The molecule has 1 amide bonds. The first-order valence-electron chi connectivity index (χ1n) is 6.34. The second-order valence-corrected chi connectivity index (χ2v) is 5.70. The summed E-state index contributed by atoms with van der Waals surface area (Å²) in [7, 11) is 1.72. The van der Waals surface area contributed by atoms with Crippen molar-refractivity contribution in [3.8, 4) is 0 Å². The number of benzene rings is 1. The molecule has 0 N–H and O–H groups in total. The summed E-state index contributed by atoms with van der Waals surface area (Å²) in [5.41, 5.74) is 1.12. The van der Waals surface area contributed by atoms with Crippen LogP contribution in [0.5, 0.6) is 0 Å². The standard InChI is InChI=1S/C15H18BrNO2/c1-3-15(18)17(13-8-14(9-13)19-2)10-11-5-4-6-12(16)7-11/h3-7,13-14H,1,8-10H2,2H3. The lowest BCUT2D eigenvalue weighted by Gasteiger charge is -2.41. The van der Waals surface area contributed by atoms with Crippen LogP contribution in [0.3, 0.4) is 0 Å². The zero-order valence-corrected chi connectivity index (χ0v) is 12.6. The van der Waals surface area contributed by atoms with Gasteiger partial charge in [0.25, 0.3) is 0 Å². The topological polar surface area (TPSA) is 29.5 Å². The van der Waals surface area contributed by atoms with Crippen molar-refractivity contribution in [2.24, 2.45) is 0 Å². The van der Waals surface area contributed by atoms with Gasteiger partial charge in [0, 0.05) is 24.2 Å². The molecular weight excluding hydrogens is 306 g/mol. The van der Waals surface area contributed by atoms with E-state index in [9.17, 15) is 4.79 Å². The number of rotatable bonds is 5. The van der Waals surface area contributed by atoms with Gasteiger partial charge in [-0.1, -0.05) is 34.6 Å². The largest absolute Gasteiger partial charge is 0.381 e. The van der Waals surface area contributed by atoms with Crippen LogP contribution in [0, 0.1) is 0 Å². The number of nitrogens with zero attached hydrogens (tertiary/aromatic N) is 1. The summed E-state index contributed by atoms with van der Waals surface area (Å²) in [4.78, 5) is 13.9. The smallest absolute Gasteiger partial charge is 0.246 e. The average molecular weight is 324 g/mol. The van der Waals surface area contributed by atoms with E-state index in [-0.39, 0.29) is 18.1 Å². The fraction of sp³-hybridized carbons (Fsp3) is 0.400. The highest BCUT2D eigenvalue weighted by molar-refractivity contribution is 9.10. The molecule has 1 aromatic rings. The molecular formula is C15H18BrNO2. The van der Waals surface area contributed by atoms with E-state index in [1.54, 1.807) is 7.11 Å². The summed E-state index contributed by atoms with van der Waals surface area (Å²) in [6, 6.07) is 8.29. The summed E-state index contributed by atoms with van der Waals surface area (Å²) in [6.45, 7) is 4.21. The van der Waals surface area contributed by atoms with Gasteiger partial charge in [-0.05, 0) is 36.6 Å². The summed E-state index contributed by atoms with van der Waals surface area (Å²) >= 11 is 3.45. The minimum atomic E-state index is -0.0143. The summed E-state index contributed by atoms with van der Waals surface area (Å²) in [6.07, 6.45) is 3.49. The summed E-state index contributed by atoms with van der Waals surface area (Å²) in [5, 5.41) is 0. The quantitative estimate of drug-likeness (QED) is 0.779. The molecule has 1 aliphatic carbocycles. The molecule has 102 valence electrons. The van der Waals surface area contributed by atoms with E-state index in [0.717, 1.165) is 22.9 Å². The molecule has 19 heavy (non-hydrogen) atoms. The Morgan fingerprint density at radius 1 is 1.58 bits per heavy atom. The van der Waals surface area contributed by atoms with Gasteiger partial charge in [-0.15, -0.1) is 0 Å². The monoisotopic (exact) mass is 323 g/mol. The fourth-order valence-corrected chi connectivity index (χ4v) is 2.77. The molecule has 4 heteroatoms.